The zero-order chi connectivity index (χ0) is 22.6. The highest BCUT2D eigenvalue weighted by molar-refractivity contribution is 5.90. The number of halogens is 5. The molecule has 2 aromatic heterocycles. The highest BCUT2D eigenvalue weighted by atomic mass is 19.4. The summed E-state index contributed by atoms with van der Waals surface area (Å²) in [6.45, 7) is -0.249. The van der Waals surface area contributed by atoms with Crippen LogP contribution in [0.5, 0.6) is 0 Å². The molecule has 2 saturated heterocycles. The van der Waals surface area contributed by atoms with Crippen molar-refractivity contribution in [2.75, 3.05) is 36.4 Å². The van der Waals surface area contributed by atoms with E-state index in [-0.39, 0.29) is 31.9 Å². The van der Waals surface area contributed by atoms with Crippen LogP contribution in [0.1, 0.15) is 0 Å². The van der Waals surface area contributed by atoms with Crippen molar-refractivity contribution in [2.24, 2.45) is 5.92 Å². The van der Waals surface area contributed by atoms with Crippen LogP contribution in [0.2, 0.25) is 0 Å². The van der Waals surface area contributed by atoms with Crippen LogP contribution in [0.4, 0.5) is 38.1 Å². The molecular weight excluding hydrogens is 435 g/mol. The lowest BCUT2D eigenvalue weighted by molar-refractivity contribution is -0.180. The van der Waals surface area contributed by atoms with Crippen LogP contribution >= 0.6 is 0 Å². The van der Waals surface area contributed by atoms with E-state index in [1.54, 1.807) is 11.0 Å². The largest absolute Gasteiger partial charge is 0.395 e. The second-order valence-electron chi connectivity index (χ2n) is 7.92. The number of carbonyl (C=O) groups excluding carboxylic acids is 1. The SMILES string of the molecule is O=C(Nc1ccc(F)c(-n2cc3cc(N4CC(C(F)(F)F)C4)cnc3n2)c1)N1CC(F)C1. The topological polar surface area (TPSA) is 66.3 Å². The molecule has 12 heteroatoms. The van der Waals surface area contributed by atoms with Gasteiger partial charge in [0.15, 0.2) is 5.65 Å². The number of anilines is 2. The third kappa shape index (κ3) is 3.69. The first-order valence-electron chi connectivity index (χ1n) is 9.84. The summed E-state index contributed by atoms with van der Waals surface area (Å²) in [7, 11) is 0. The summed E-state index contributed by atoms with van der Waals surface area (Å²) in [5, 5.41) is 7.35. The van der Waals surface area contributed by atoms with Crippen LogP contribution < -0.4 is 10.2 Å². The maximum atomic E-state index is 14.5. The maximum absolute atomic E-state index is 14.5. The van der Waals surface area contributed by atoms with E-state index in [1.807, 2.05) is 0 Å². The number of nitrogens with zero attached hydrogens (tertiary/aromatic N) is 5. The highest BCUT2D eigenvalue weighted by Crippen LogP contribution is 2.36. The second-order valence-corrected chi connectivity index (χ2v) is 7.92. The van der Waals surface area contributed by atoms with Gasteiger partial charge in [-0.25, -0.2) is 23.2 Å². The van der Waals surface area contributed by atoms with Crippen LogP contribution in [0.3, 0.4) is 0 Å². The molecule has 2 fully saturated rings. The molecule has 0 saturated carbocycles. The lowest BCUT2D eigenvalue weighted by atomic mass is 9.99. The van der Waals surface area contributed by atoms with Crippen molar-refractivity contribution in [2.45, 2.75) is 12.3 Å². The third-order valence-electron chi connectivity index (χ3n) is 5.62. The first-order valence-corrected chi connectivity index (χ1v) is 9.84. The molecule has 0 radical (unpaired) electrons. The summed E-state index contributed by atoms with van der Waals surface area (Å²) in [6, 6.07) is 5.10. The highest BCUT2D eigenvalue weighted by Gasteiger charge is 2.47. The van der Waals surface area contributed by atoms with Crippen LogP contribution in [0, 0.1) is 11.7 Å². The number of likely N-dealkylation sites (tertiary alicyclic amines) is 1. The molecule has 3 aromatic rings. The predicted molar refractivity (Wildman–Crippen MR) is 106 cm³/mol. The molecule has 2 aliphatic heterocycles. The van der Waals surface area contributed by atoms with Crippen molar-refractivity contribution in [3.8, 4) is 5.69 Å². The van der Waals surface area contributed by atoms with E-state index in [2.05, 4.69) is 15.4 Å². The van der Waals surface area contributed by atoms with Gasteiger partial charge < -0.3 is 15.1 Å². The van der Waals surface area contributed by atoms with E-state index in [4.69, 9.17) is 0 Å². The Morgan fingerprint density at radius 1 is 1.12 bits per heavy atom. The van der Waals surface area contributed by atoms with Gasteiger partial charge in [0, 0.05) is 30.4 Å². The molecule has 1 aromatic carbocycles. The molecule has 0 atom stereocenters. The molecule has 5 rings (SSSR count). The number of nitrogens with one attached hydrogen (secondary N) is 1. The summed E-state index contributed by atoms with van der Waals surface area (Å²) in [4.78, 5) is 19.1. The molecule has 168 valence electrons. The number of rotatable bonds is 3. The fraction of sp³-hybridized carbons (Fsp3) is 0.350. The number of benzene rings is 1. The Hall–Kier alpha value is -3.44. The van der Waals surface area contributed by atoms with Gasteiger partial charge in [-0.1, -0.05) is 0 Å². The Bertz CT molecular complexity index is 1180. The van der Waals surface area contributed by atoms with Gasteiger partial charge in [0.25, 0.3) is 0 Å². The van der Waals surface area contributed by atoms with Gasteiger partial charge in [-0.15, -0.1) is 5.10 Å². The Morgan fingerprint density at radius 2 is 1.88 bits per heavy atom. The predicted octanol–water partition coefficient (Wildman–Crippen LogP) is 3.74. The van der Waals surface area contributed by atoms with Crippen LogP contribution in [-0.4, -0.2) is 64.2 Å². The van der Waals surface area contributed by atoms with Crippen molar-refractivity contribution in [3.63, 3.8) is 0 Å². The third-order valence-corrected chi connectivity index (χ3v) is 5.62. The lowest BCUT2D eigenvalue weighted by Gasteiger charge is -2.41. The number of carbonyl (C=O) groups is 1. The number of hydrogen-bond donors (Lipinski definition) is 1. The quantitative estimate of drug-likeness (QED) is 0.615. The van der Waals surface area contributed by atoms with E-state index in [0.29, 0.717) is 22.4 Å². The smallest absolute Gasteiger partial charge is 0.369 e. The van der Waals surface area contributed by atoms with Gasteiger partial charge in [-0.2, -0.15) is 13.2 Å². The second kappa shape index (κ2) is 7.31. The molecule has 0 aliphatic carbocycles. The standard InChI is InChI=1S/C20H17F5N6O/c21-13-9-30(10-13)19(32)27-14-1-2-16(22)17(4-14)31-6-11-3-15(5-26-18(11)28-31)29-7-12(8-29)20(23,24)25/h1-6,12-13H,7-10H2,(H,27,32). The Labute approximate surface area is 178 Å². The van der Waals surface area contributed by atoms with Crippen LogP contribution in [-0.2, 0) is 0 Å². The fourth-order valence-corrected chi connectivity index (χ4v) is 3.66. The van der Waals surface area contributed by atoms with E-state index in [0.717, 1.165) is 0 Å². The molecule has 0 spiro atoms. The van der Waals surface area contributed by atoms with Gasteiger partial charge in [-0.3, -0.25) is 0 Å². The number of fused-ring (bicyclic) bond motifs is 1. The summed E-state index contributed by atoms with van der Waals surface area (Å²) in [5.41, 5.74) is 1.18. The zero-order valence-corrected chi connectivity index (χ0v) is 16.5. The molecule has 7 nitrogen and oxygen atoms in total. The number of pyridine rings is 1. The summed E-state index contributed by atoms with van der Waals surface area (Å²) in [5.74, 6) is -1.96. The number of urea groups is 1. The molecule has 2 aliphatic rings. The van der Waals surface area contributed by atoms with E-state index < -0.39 is 30.1 Å². The first kappa shape index (κ1) is 20.5. The van der Waals surface area contributed by atoms with Crippen molar-refractivity contribution in [1.29, 1.82) is 0 Å². The Kier molecular flexibility index (Phi) is 4.68. The number of amides is 2. The number of hydrogen-bond acceptors (Lipinski definition) is 4. The van der Waals surface area contributed by atoms with Gasteiger partial charge in [0.05, 0.1) is 30.9 Å². The minimum absolute atomic E-state index is 0.0131. The molecule has 2 amide bonds. The molecule has 0 unspecified atom stereocenters. The summed E-state index contributed by atoms with van der Waals surface area (Å²) < 4.78 is 66.9. The van der Waals surface area contributed by atoms with E-state index in [9.17, 15) is 26.7 Å². The van der Waals surface area contributed by atoms with Crippen molar-refractivity contribution < 1.29 is 26.7 Å². The van der Waals surface area contributed by atoms with Gasteiger partial charge in [-0.05, 0) is 24.3 Å². The van der Waals surface area contributed by atoms with E-state index in [1.165, 1.54) is 40.2 Å². The van der Waals surface area contributed by atoms with Crippen molar-refractivity contribution >= 4 is 28.4 Å². The van der Waals surface area contributed by atoms with Crippen LogP contribution in [0.15, 0.2) is 36.7 Å². The maximum Gasteiger partial charge on any atom is 0.395 e. The minimum Gasteiger partial charge on any atom is -0.369 e. The molecule has 4 heterocycles. The first-order chi connectivity index (χ1) is 15.2. The molecule has 0 bridgehead atoms. The Morgan fingerprint density at radius 3 is 2.56 bits per heavy atom. The van der Waals surface area contributed by atoms with E-state index >= 15 is 0 Å². The Balaban J connectivity index is 1.36. The monoisotopic (exact) mass is 452 g/mol. The molecule has 32 heavy (non-hydrogen) atoms. The number of aromatic nitrogens is 3. The lowest BCUT2D eigenvalue weighted by Crippen LogP contribution is -2.53. The fourth-order valence-electron chi connectivity index (χ4n) is 3.66. The average molecular weight is 452 g/mol. The van der Waals surface area contributed by atoms with Crippen molar-refractivity contribution in [1.82, 2.24) is 19.7 Å². The normalized spacial score (nSPS) is 17.4. The average Bonchev–Trinajstić information content (AvgIpc) is 3.07. The van der Waals surface area contributed by atoms with Gasteiger partial charge >= 0.3 is 12.2 Å². The number of alkyl halides is 4. The van der Waals surface area contributed by atoms with Crippen LogP contribution in [0.25, 0.3) is 16.7 Å². The zero-order valence-electron chi connectivity index (χ0n) is 16.5. The molecule has 1 N–H and O–H groups in total. The van der Waals surface area contributed by atoms with Crippen molar-refractivity contribution in [3.05, 3.63) is 42.5 Å². The minimum atomic E-state index is -4.22. The summed E-state index contributed by atoms with van der Waals surface area (Å²) in [6.07, 6.45) is -2.31. The van der Waals surface area contributed by atoms with Gasteiger partial charge in [0.2, 0.25) is 0 Å². The molecular formula is C20H17F5N6O. The summed E-state index contributed by atoms with van der Waals surface area (Å²) >= 11 is 0. The van der Waals surface area contributed by atoms with Gasteiger partial charge in [0.1, 0.15) is 17.7 Å².